The van der Waals surface area contributed by atoms with E-state index in [2.05, 4.69) is 9.82 Å². The summed E-state index contributed by atoms with van der Waals surface area (Å²) < 4.78 is 27.0. The number of carboxylic acids is 1. The van der Waals surface area contributed by atoms with Gasteiger partial charge in [-0.3, -0.25) is 9.48 Å². The summed E-state index contributed by atoms with van der Waals surface area (Å²) in [5, 5.41) is 21.5. The van der Waals surface area contributed by atoms with E-state index in [0.717, 1.165) is 17.1 Å². The van der Waals surface area contributed by atoms with Crippen molar-refractivity contribution < 1.29 is 23.4 Å². The van der Waals surface area contributed by atoms with Crippen molar-refractivity contribution in [1.82, 2.24) is 14.5 Å². The second-order valence-electron chi connectivity index (χ2n) is 4.02. The van der Waals surface area contributed by atoms with Gasteiger partial charge in [0.25, 0.3) is 0 Å². The Bertz CT molecular complexity index is 525. The Morgan fingerprint density at radius 2 is 2.26 bits per heavy atom. The second kappa shape index (κ2) is 6.64. The van der Waals surface area contributed by atoms with Gasteiger partial charge in [0.1, 0.15) is 11.4 Å². The molecule has 0 bridgehead atoms. The molecular weight excluding hydrogens is 274 g/mol. The number of nitrogens with one attached hydrogen (secondary N) is 1. The zero-order valence-corrected chi connectivity index (χ0v) is 11.3. The lowest BCUT2D eigenvalue weighted by Gasteiger charge is -2.08. The van der Waals surface area contributed by atoms with E-state index >= 15 is 0 Å². The minimum atomic E-state index is -3.72. The standard InChI is InChI=1S/C10H17N3O5S/c1-2-8(14)3-4-12-19(17,18)9-5-11-13(6-9)7-10(15)16/h5-6,8,12,14H,2-4,7H2,1H3,(H,15,16). The number of carbonyl (C=O) groups is 1. The van der Waals surface area contributed by atoms with Gasteiger partial charge >= 0.3 is 5.97 Å². The van der Waals surface area contributed by atoms with E-state index in [4.69, 9.17) is 5.11 Å². The van der Waals surface area contributed by atoms with E-state index in [1.807, 2.05) is 0 Å². The average Bonchev–Trinajstić information content (AvgIpc) is 2.76. The normalized spacial score (nSPS) is 13.4. The van der Waals surface area contributed by atoms with Crippen molar-refractivity contribution in [2.75, 3.05) is 6.54 Å². The Labute approximate surface area is 111 Å². The van der Waals surface area contributed by atoms with Crippen LogP contribution in [0.2, 0.25) is 0 Å². The van der Waals surface area contributed by atoms with Crippen molar-refractivity contribution in [3.8, 4) is 0 Å². The molecule has 108 valence electrons. The summed E-state index contributed by atoms with van der Waals surface area (Å²) >= 11 is 0. The molecule has 0 saturated carbocycles. The van der Waals surface area contributed by atoms with Gasteiger partial charge in [0.15, 0.2) is 0 Å². The molecule has 0 amide bonds. The first-order valence-corrected chi connectivity index (χ1v) is 7.25. The number of sulfonamides is 1. The SMILES string of the molecule is CCC(O)CCNS(=O)(=O)c1cnn(CC(=O)O)c1. The summed E-state index contributed by atoms with van der Waals surface area (Å²) in [5.41, 5.74) is 0. The molecule has 1 aromatic rings. The third-order valence-electron chi connectivity index (χ3n) is 2.46. The first-order chi connectivity index (χ1) is 8.85. The van der Waals surface area contributed by atoms with Gasteiger partial charge < -0.3 is 10.2 Å². The van der Waals surface area contributed by atoms with E-state index < -0.39 is 28.6 Å². The van der Waals surface area contributed by atoms with E-state index in [0.29, 0.717) is 12.8 Å². The molecule has 1 aromatic heterocycles. The predicted octanol–water partition coefficient (Wildman–Crippen LogP) is -0.593. The largest absolute Gasteiger partial charge is 0.480 e. The van der Waals surface area contributed by atoms with Crippen LogP contribution in [0.3, 0.4) is 0 Å². The van der Waals surface area contributed by atoms with Crippen LogP contribution in [0.25, 0.3) is 0 Å². The molecule has 1 heterocycles. The predicted molar refractivity (Wildman–Crippen MR) is 66.0 cm³/mol. The molecule has 3 N–H and O–H groups in total. The number of aliphatic carboxylic acids is 1. The highest BCUT2D eigenvalue weighted by Crippen LogP contribution is 2.07. The fourth-order valence-corrected chi connectivity index (χ4v) is 2.36. The molecule has 19 heavy (non-hydrogen) atoms. The highest BCUT2D eigenvalue weighted by molar-refractivity contribution is 7.89. The molecule has 0 aliphatic carbocycles. The third kappa shape index (κ3) is 4.97. The van der Waals surface area contributed by atoms with Gasteiger partial charge in [-0.1, -0.05) is 6.92 Å². The highest BCUT2D eigenvalue weighted by Gasteiger charge is 2.17. The van der Waals surface area contributed by atoms with Crippen LogP contribution < -0.4 is 4.72 Å². The fraction of sp³-hybridized carbons (Fsp3) is 0.600. The molecule has 0 aliphatic rings. The van der Waals surface area contributed by atoms with Crippen LogP contribution >= 0.6 is 0 Å². The van der Waals surface area contributed by atoms with Gasteiger partial charge in [0.05, 0.1) is 12.3 Å². The van der Waals surface area contributed by atoms with Crippen LogP contribution in [0.1, 0.15) is 19.8 Å². The van der Waals surface area contributed by atoms with Gasteiger partial charge in [0, 0.05) is 12.7 Å². The number of carboxylic acid groups (broad SMARTS) is 1. The van der Waals surface area contributed by atoms with Crippen molar-refractivity contribution in [3.05, 3.63) is 12.4 Å². The third-order valence-corrected chi connectivity index (χ3v) is 3.87. The average molecular weight is 291 g/mol. The van der Waals surface area contributed by atoms with Crippen LogP contribution in [0.5, 0.6) is 0 Å². The molecule has 1 atom stereocenters. The minimum Gasteiger partial charge on any atom is -0.480 e. The van der Waals surface area contributed by atoms with E-state index in [1.54, 1.807) is 6.92 Å². The van der Waals surface area contributed by atoms with E-state index in [-0.39, 0.29) is 11.4 Å². The van der Waals surface area contributed by atoms with Crippen LogP contribution in [-0.4, -0.2) is 47.0 Å². The summed E-state index contributed by atoms with van der Waals surface area (Å²) in [4.78, 5) is 10.4. The van der Waals surface area contributed by atoms with Crippen molar-refractivity contribution in [1.29, 1.82) is 0 Å². The molecule has 0 radical (unpaired) electrons. The molecule has 0 fully saturated rings. The Balaban J connectivity index is 2.62. The maximum Gasteiger partial charge on any atom is 0.325 e. The van der Waals surface area contributed by atoms with Gasteiger partial charge in [0.2, 0.25) is 10.0 Å². The molecule has 0 spiro atoms. The summed E-state index contributed by atoms with van der Waals surface area (Å²) in [6, 6.07) is 0. The van der Waals surface area contributed by atoms with E-state index in [1.165, 1.54) is 0 Å². The first kappa shape index (κ1) is 15.6. The molecular formula is C10H17N3O5S. The lowest BCUT2D eigenvalue weighted by Crippen LogP contribution is -2.27. The van der Waals surface area contributed by atoms with Crippen molar-refractivity contribution >= 4 is 16.0 Å². The number of aliphatic hydroxyl groups is 1. The molecule has 0 saturated heterocycles. The molecule has 0 aromatic carbocycles. The topological polar surface area (TPSA) is 122 Å². The highest BCUT2D eigenvalue weighted by atomic mass is 32.2. The molecule has 0 aliphatic heterocycles. The number of aromatic nitrogens is 2. The summed E-state index contributed by atoms with van der Waals surface area (Å²) in [7, 11) is -3.72. The second-order valence-corrected chi connectivity index (χ2v) is 5.78. The van der Waals surface area contributed by atoms with Crippen LogP contribution in [-0.2, 0) is 21.4 Å². The summed E-state index contributed by atoms with van der Waals surface area (Å²) in [6.45, 7) is 1.51. The Kier molecular flexibility index (Phi) is 5.45. The maximum absolute atomic E-state index is 11.8. The van der Waals surface area contributed by atoms with E-state index in [9.17, 15) is 18.3 Å². The van der Waals surface area contributed by atoms with Gasteiger partial charge in [-0.05, 0) is 12.8 Å². The quantitative estimate of drug-likeness (QED) is 0.588. The van der Waals surface area contributed by atoms with Crippen molar-refractivity contribution in [2.24, 2.45) is 0 Å². The Morgan fingerprint density at radius 1 is 1.58 bits per heavy atom. The molecule has 1 rings (SSSR count). The first-order valence-electron chi connectivity index (χ1n) is 5.77. The number of hydrogen-bond acceptors (Lipinski definition) is 5. The zero-order chi connectivity index (χ0) is 14.5. The van der Waals surface area contributed by atoms with Gasteiger partial charge in [-0.15, -0.1) is 0 Å². The summed E-state index contributed by atoms with van der Waals surface area (Å²) in [6.07, 6.45) is 2.56. The zero-order valence-electron chi connectivity index (χ0n) is 10.5. The number of rotatable bonds is 8. The van der Waals surface area contributed by atoms with Gasteiger partial charge in [-0.2, -0.15) is 5.10 Å². The molecule has 1 unspecified atom stereocenters. The van der Waals surface area contributed by atoms with Crippen LogP contribution in [0.4, 0.5) is 0 Å². The Hall–Kier alpha value is -1.45. The van der Waals surface area contributed by atoms with Crippen molar-refractivity contribution in [3.63, 3.8) is 0 Å². The monoisotopic (exact) mass is 291 g/mol. The number of hydrogen-bond donors (Lipinski definition) is 3. The minimum absolute atomic E-state index is 0.0975. The number of nitrogens with zero attached hydrogens (tertiary/aromatic N) is 2. The fourth-order valence-electron chi connectivity index (χ4n) is 1.36. The lowest BCUT2D eigenvalue weighted by atomic mass is 10.2. The van der Waals surface area contributed by atoms with Crippen LogP contribution in [0, 0.1) is 0 Å². The smallest absolute Gasteiger partial charge is 0.325 e. The van der Waals surface area contributed by atoms with Crippen LogP contribution in [0.15, 0.2) is 17.3 Å². The molecule has 9 heteroatoms. The lowest BCUT2D eigenvalue weighted by molar-refractivity contribution is -0.137. The molecule has 8 nitrogen and oxygen atoms in total. The maximum atomic E-state index is 11.8. The van der Waals surface area contributed by atoms with Crippen molar-refractivity contribution in [2.45, 2.75) is 37.3 Å². The Morgan fingerprint density at radius 3 is 2.84 bits per heavy atom. The number of aliphatic hydroxyl groups excluding tert-OH is 1. The summed E-state index contributed by atoms with van der Waals surface area (Å²) in [5.74, 6) is -1.11. The van der Waals surface area contributed by atoms with Gasteiger partial charge in [-0.25, -0.2) is 13.1 Å².